The average molecular weight is 414 g/mol. The lowest BCUT2D eigenvalue weighted by Gasteiger charge is -2.25. The number of hydrogen-bond acceptors (Lipinski definition) is 6. The average Bonchev–Trinajstić information content (AvgIpc) is 3.41. The topological polar surface area (TPSA) is 98.5 Å². The monoisotopic (exact) mass is 413 g/mol. The number of methoxy groups -OCH3 is 1. The summed E-state index contributed by atoms with van der Waals surface area (Å²) < 4.78 is 13.3. The van der Waals surface area contributed by atoms with Gasteiger partial charge in [0, 0.05) is 44.9 Å². The first-order valence-electron chi connectivity index (χ1n) is 10.7. The lowest BCUT2D eigenvalue weighted by Crippen LogP contribution is -2.46. The van der Waals surface area contributed by atoms with Gasteiger partial charge in [0.2, 0.25) is 5.88 Å². The Labute approximate surface area is 177 Å². The number of nitrogens with one attached hydrogen (secondary N) is 2. The summed E-state index contributed by atoms with van der Waals surface area (Å²) in [5.74, 6) is 3.24. The van der Waals surface area contributed by atoms with E-state index in [0.29, 0.717) is 19.3 Å². The van der Waals surface area contributed by atoms with Crippen molar-refractivity contribution < 1.29 is 9.47 Å². The molecule has 2 aliphatic rings. The summed E-state index contributed by atoms with van der Waals surface area (Å²) >= 11 is 0. The molecule has 0 bridgehead atoms. The SMILES string of the molecule is CN=C(NCc1cccnc1OC1CCCC1)NC1CCc2nc(COC)nn2C1. The van der Waals surface area contributed by atoms with Gasteiger partial charge in [-0.3, -0.25) is 4.99 Å². The number of fused-ring (bicyclic) bond motifs is 1. The molecule has 2 aromatic heterocycles. The Morgan fingerprint density at radius 1 is 1.30 bits per heavy atom. The fraction of sp³-hybridized carbons (Fsp3) is 0.619. The highest BCUT2D eigenvalue weighted by Gasteiger charge is 2.23. The van der Waals surface area contributed by atoms with Gasteiger partial charge in [-0.05, 0) is 38.2 Å². The van der Waals surface area contributed by atoms with Gasteiger partial charge in [-0.15, -0.1) is 0 Å². The number of hydrogen-bond donors (Lipinski definition) is 2. The number of ether oxygens (including phenoxy) is 2. The second-order valence-electron chi connectivity index (χ2n) is 7.86. The molecule has 2 aromatic rings. The molecular weight excluding hydrogens is 382 g/mol. The molecule has 2 N–H and O–H groups in total. The fourth-order valence-electron chi connectivity index (χ4n) is 4.06. The van der Waals surface area contributed by atoms with Crippen molar-refractivity contribution in [2.24, 2.45) is 4.99 Å². The molecule has 3 heterocycles. The first kappa shape index (κ1) is 20.6. The first-order chi connectivity index (χ1) is 14.7. The normalized spacial score (nSPS) is 19.5. The van der Waals surface area contributed by atoms with Crippen LogP contribution in [0.4, 0.5) is 0 Å². The molecule has 4 rings (SSSR count). The quantitative estimate of drug-likeness (QED) is 0.528. The minimum Gasteiger partial charge on any atom is -0.474 e. The second-order valence-corrected chi connectivity index (χ2v) is 7.86. The zero-order chi connectivity index (χ0) is 20.8. The summed E-state index contributed by atoms with van der Waals surface area (Å²) in [7, 11) is 3.45. The van der Waals surface area contributed by atoms with Gasteiger partial charge < -0.3 is 20.1 Å². The maximum absolute atomic E-state index is 6.14. The van der Waals surface area contributed by atoms with E-state index in [1.54, 1.807) is 20.4 Å². The molecule has 30 heavy (non-hydrogen) atoms. The van der Waals surface area contributed by atoms with Gasteiger partial charge in [0.1, 0.15) is 18.5 Å². The van der Waals surface area contributed by atoms with E-state index in [1.165, 1.54) is 12.8 Å². The van der Waals surface area contributed by atoms with E-state index in [0.717, 1.165) is 61.3 Å². The molecule has 1 atom stereocenters. The minimum atomic E-state index is 0.240. The van der Waals surface area contributed by atoms with Crippen molar-refractivity contribution >= 4 is 5.96 Å². The molecular formula is C21H31N7O2. The summed E-state index contributed by atoms with van der Waals surface area (Å²) in [6, 6.07) is 4.24. The zero-order valence-corrected chi connectivity index (χ0v) is 17.8. The number of pyridine rings is 1. The Bertz CT molecular complexity index is 861. The number of aryl methyl sites for hydroxylation is 1. The molecule has 1 unspecified atom stereocenters. The van der Waals surface area contributed by atoms with E-state index >= 15 is 0 Å². The Balaban J connectivity index is 1.32. The maximum atomic E-state index is 6.14. The van der Waals surface area contributed by atoms with E-state index in [9.17, 15) is 0 Å². The molecule has 1 aliphatic carbocycles. The van der Waals surface area contributed by atoms with Crippen molar-refractivity contribution in [1.29, 1.82) is 0 Å². The second kappa shape index (κ2) is 9.88. The summed E-state index contributed by atoms with van der Waals surface area (Å²) in [5.41, 5.74) is 1.04. The standard InChI is InChI=1S/C21H31N7O2/c1-22-21(25-16-9-10-19-26-18(14-29-2)27-28(19)13-16)24-12-15-6-5-11-23-20(15)30-17-7-3-4-8-17/h5-6,11,16-17H,3-4,7-10,12-14H2,1-2H3,(H2,22,24,25). The molecule has 162 valence electrons. The number of rotatable bonds is 7. The van der Waals surface area contributed by atoms with Crippen molar-refractivity contribution in [3.05, 3.63) is 35.5 Å². The highest BCUT2D eigenvalue weighted by Crippen LogP contribution is 2.25. The Hall–Kier alpha value is -2.68. The van der Waals surface area contributed by atoms with E-state index in [4.69, 9.17) is 9.47 Å². The van der Waals surface area contributed by atoms with Gasteiger partial charge in [0.15, 0.2) is 11.8 Å². The Kier molecular flexibility index (Phi) is 6.78. The van der Waals surface area contributed by atoms with Crippen LogP contribution in [0.3, 0.4) is 0 Å². The van der Waals surface area contributed by atoms with Crippen molar-refractivity contribution in [2.75, 3.05) is 14.2 Å². The van der Waals surface area contributed by atoms with Crippen LogP contribution >= 0.6 is 0 Å². The molecule has 1 aliphatic heterocycles. The summed E-state index contributed by atoms with van der Waals surface area (Å²) in [6.07, 6.45) is 8.65. The van der Waals surface area contributed by atoms with Crippen LogP contribution in [-0.4, -0.2) is 52.0 Å². The van der Waals surface area contributed by atoms with Crippen LogP contribution in [0.5, 0.6) is 5.88 Å². The summed E-state index contributed by atoms with van der Waals surface area (Å²) in [4.78, 5) is 13.4. The third-order valence-corrected chi connectivity index (χ3v) is 5.62. The highest BCUT2D eigenvalue weighted by molar-refractivity contribution is 5.80. The molecule has 0 aromatic carbocycles. The predicted octanol–water partition coefficient (Wildman–Crippen LogP) is 1.82. The van der Waals surface area contributed by atoms with Crippen LogP contribution in [0.1, 0.15) is 49.3 Å². The van der Waals surface area contributed by atoms with Crippen molar-refractivity contribution in [2.45, 2.75) is 70.4 Å². The van der Waals surface area contributed by atoms with Crippen molar-refractivity contribution in [3.8, 4) is 5.88 Å². The van der Waals surface area contributed by atoms with Crippen LogP contribution in [0.2, 0.25) is 0 Å². The molecule has 0 amide bonds. The van der Waals surface area contributed by atoms with E-state index in [1.807, 2.05) is 10.7 Å². The van der Waals surface area contributed by atoms with Crippen molar-refractivity contribution in [3.63, 3.8) is 0 Å². The van der Waals surface area contributed by atoms with E-state index in [-0.39, 0.29) is 6.04 Å². The minimum absolute atomic E-state index is 0.240. The number of guanidine groups is 1. The maximum Gasteiger partial charge on any atom is 0.218 e. The molecule has 0 spiro atoms. The number of aromatic nitrogens is 4. The fourth-order valence-corrected chi connectivity index (χ4v) is 4.06. The van der Waals surface area contributed by atoms with Crippen LogP contribution in [-0.2, 0) is 30.9 Å². The van der Waals surface area contributed by atoms with Crippen LogP contribution in [0, 0.1) is 0 Å². The zero-order valence-electron chi connectivity index (χ0n) is 17.8. The lowest BCUT2D eigenvalue weighted by atomic mass is 10.1. The number of nitrogens with zero attached hydrogens (tertiary/aromatic N) is 5. The smallest absolute Gasteiger partial charge is 0.218 e. The lowest BCUT2D eigenvalue weighted by molar-refractivity contribution is 0.177. The van der Waals surface area contributed by atoms with E-state index < -0.39 is 0 Å². The molecule has 9 nitrogen and oxygen atoms in total. The molecule has 1 saturated carbocycles. The first-order valence-corrected chi connectivity index (χ1v) is 10.7. The summed E-state index contributed by atoms with van der Waals surface area (Å²) in [5, 5.41) is 11.4. The van der Waals surface area contributed by atoms with Gasteiger partial charge in [0.25, 0.3) is 0 Å². The molecule has 1 fully saturated rings. The Morgan fingerprint density at radius 3 is 2.97 bits per heavy atom. The van der Waals surface area contributed by atoms with Gasteiger partial charge in [0.05, 0.1) is 6.54 Å². The third kappa shape index (κ3) is 5.08. The molecule has 0 saturated heterocycles. The summed E-state index contributed by atoms with van der Waals surface area (Å²) in [6.45, 7) is 1.81. The Morgan fingerprint density at radius 2 is 2.17 bits per heavy atom. The molecule has 0 radical (unpaired) electrons. The van der Waals surface area contributed by atoms with Crippen molar-refractivity contribution in [1.82, 2.24) is 30.4 Å². The van der Waals surface area contributed by atoms with E-state index in [2.05, 4.69) is 36.8 Å². The van der Waals surface area contributed by atoms with Crippen LogP contribution < -0.4 is 15.4 Å². The number of aliphatic imine (C=N–C) groups is 1. The molecule has 9 heteroatoms. The van der Waals surface area contributed by atoms with Gasteiger partial charge in [-0.2, -0.15) is 5.10 Å². The largest absolute Gasteiger partial charge is 0.474 e. The van der Waals surface area contributed by atoms with Gasteiger partial charge in [-0.1, -0.05) is 6.07 Å². The predicted molar refractivity (Wildman–Crippen MR) is 113 cm³/mol. The highest BCUT2D eigenvalue weighted by atomic mass is 16.5. The van der Waals surface area contributed by atoms with Gasteiger partial charge in [-0.25, -0.2) is 14.6 Å². The van der Waals surface area contributed by atoms with Crippen LogP contribution in [0.15, 0.2) is 23.3 Å². The van der Waals surface area contributed by atoms with Gasteiger partial charge >= 0.3 is 0 Å². The third-order valence-electron chi connectivity index (χ3n) is 5.62. The van der Waals surface area contributed by atoms with Crippen LogP contribution in [0.25, 0.3) is 0 Å².